The van der Waals surface area contributed by atoms with Crippen molar-refractivity contribution in [2.45, 2.75) is 26.3 Å². The molecule has 6 nitrogen and oxygen atoms in total. The van der Waals surface area contributed by atoms with Crippen LogP contribution in [0.2, 0.25) is 0 Å². The van der Waals surface area contributed by atoms with E-state index in [1.54, 1.807) is 18.2 Å². The molecule has 0 aliphatic carbocycles. The third-order valence-corrected chi connectivity index (χ3v) is 2.65. The van der Waals surface area contributed by atoms with Crippen molar-refractivity contribution in [1.82, 2.24) is 10.3 Å². The highest BCUT2D eigenvalue weighted by Crippen LogP contribution is 2.16. The molecule has 0 aliphatic rings. The van der Waals surface area contributed by atoms with E-state index in [0.29, 0.717) is 12.2 Å². The summed E-state index contributed by atoms with van der Waals surface area (Å²) in [4.78, 5) is 27.3. The summed E-state index contributed by atoms with van der Waals surface area (Å²) in [6.45, 7) is 7.55. The zero-order valence-electron chi connectivity index (χ0n) is 12.2. The van der Waals surface area contributed by atoms with Gasteiger partial charge in [0.2, 0.25) is 0 Å². The number of amides is 1. The molecule has 0 spiro atoms. The summed E-state index contributed by atoms with van der Waals surface area (Å²) >= 11 is 0. The Balaban J connectivity index is 2.87. The third-order valence-electron chi connectivity index (χ3n) is 2.65. The summed E-state index contributed by atoms with van der Waals surface area (Å²) in [5.74, 6) is -1.19. The third kappa shape index (κ3) is 5.25. The van der Waals surface area contributed by atoms with Crippen LogP contribution < -0.4 is 10.1 Å². The average Bonchev–Trinajstić information content (AvgIpc) is 2.44. The van der Waals surface area contributed by atoms with E-state index in [0.717, 1.165) is 0 Å². The lowest BCUT2D eigenvalue weighted by atomic mass is 10.0. The number of carbonyl (C=O) groups is 2. The fraction of sp³-hybridized carbons (Fsp3) is 0.400. The number of nitrogens with one attached hydrogen (secondary N) is 1. The minimum Gasteiger partial charge on any atom is -0.487 e. The van der Waals surface area contributed by atoms with Crippen molar-refractivity contribution >= 4 is 11.9 Å². The minimum atomic E-state index is -1.07. The van der Waals surface area contributed by atoms with Gasteiger partial charge in [0.05, 0.1) is 0 Å². The molecule has 1 aromatic rings. The number of rotatable bonds is 8. The van der Waals surface area contributed by atoms with Gasteiger partial charge in [-0.2, -0.15) is 0 Å². The first kappa shape index (κ1) is 16.7. The summed E-state index contributed by atoms with van der Waals surface area (Å²) in [6, 6.07) is 2.29. The lowest BCUT2D eigenvalue weighted by molar-refractivity contribution is -0.139. The fourth-order valence-electron chi connectivity index (χ4n) is 1.75. The van der Waals surface area contributed by atoms with Gasteiger partial charge in [0, 0.05) is 6.20 Å². The Morgan fingerprint density at radius 2 is 2.24 bits per heavy atom. The highest BCUT2D eigenvalue weighted by molar-refractivity contribution is 5.97. The molecule has 6 heteroatoms. The van der Waals surface area contributed by atoms with E-state index >= 15 is 0 Å². The molecule has 1 aromatic heterocycles. The molecule has 0 saturated carbocycles. The molecular weight excluding hydrogens is 272 g/mol. The number of carbonyl (C=O) groups excluding carboxylic acids is 1. The predicted octanol–water partition coefficient (Wildman–Crippen LogP) is 1.88. The molecule has 0 bridgehead atoms. The van der Waals surface area contributed by atoms with Crippen molar-refractivity contribution in [3.8, 4) is 5.75 Å². The van der Waals surface area contributed by atoms with Gasteiger partial charge in [0.25, 0.3) is 5.91 Å². The number of carboxylic acid groups (broad SMARTS) is 1. The van der Waals surface area contributed by atoms with E-state index in [2.05, 4.69) is 16.9 Å². The Kier molecular flexibility index (Phi) is 6.39. The lowest BCUT2D eigenvalue weighted by Crippen LogP contribution is -2.42. The Morgan fingerprint density at radius 1 is 1.52 bits per heavy atom. The van der Waals surface area contributed by atoms with Crippen LogP contribution in [-0.2, 0) is 4.79 Å². The SMILES string of the molecule is C=CCOc1cccnc1C(=O)N[C@H](CC(C)C)C(=O)O. The molecule has 0 unspecified atom stereocenters. The van der Waals surface area contributed by atoms with Crippen LogP contribution in [0.3, 0.4) is 0 Å². The average molecular weight is 292 g/mol. The molecule has 1 rings (SSSR count). The van der Waals surface area contributed by atoms with Gasteiger partial charge < -0.3 is 15.2 Å². The van der Waals surface area contributed by atoms with E-state index in [4.69, 9.17) is 9.84 Å². The zero-order chi connectivity index (χ0) is 15.8. The van der Waals surface area contributed by atoms with Crippen LogP contribution in [0.15, 0.2) is 31.0 Å². The van der Waals surface area contributed by atoms with Crippen molar-refractivity contribution in [2.75, 3.05) is 6.61 Å². The second-order valence-electron chi connectivity index (χ2n) is 4.94. The maximum absolute atomic E-state index is 12.2. The summed E-state index contributed by atoms with van der Waals surface area (Å²) in [5.41, 5.74) is 0.0642. The first-order chi connectivity index (χ1) is 9.95. The molecule has 2 N–H and O–H groups in total. The first-order valence-corrected chi connectivity index (χ1v) is 6.68. The van der Waals surface area contributed by atoms with Gasteiger partial charge in [-0.25, -0.2) is 9.78 Å². The smallest absolute Gasteiger partial charge is 0.326 e. The number of nitrogens with zero attached hydrogens (tertiary/aromatic N) is 1. The van der Waals surface area contributed by atoms with Gasteiger partial charge in [-0.15, -0.1) is 0 Å². The van der Waals surface area contributed by atoms with Gasteiger partial charge in [-0.05, 0) is 24.5 Å². The van der Waals surface area contributed by atoms with Gasteiger partial charge in [0.15, 0.2) is 11.4 Å². The Morgan fingerprint density at radius 3 is 2.81 bits per heavy atom. The molecule has 1 atom stereocenters. The summed E-state index contributed by atoms with van der Waals surface area (Å²) in [5, 5.41) is 11.6. The van der Waals surface area contributed by atoms with Crippen LogP contribution in [0.25, 0.3) is 0 Å². The van der Waals surface area contributed by atoms with E-state index in [9.17, 15) is 9.59 Å². The summed E-state index contributed by atoms with van der Waals surface area (Å²) in [6.07, 6.45) is 3.35. The summed E-state index contributed by atoms with van der Waals surface area (Å²) in [7, 11) is 0. The van der Waals surface area contributed by atoms with Crippen molar-refractivity contribution < 1.29 is 19.4 Å². The largest absolute Gasteiger partial charge is 0.487 e. The molecule has 0 aliphatic heterocycles. The number of aliphatic carboxylic acids is 1. The second-order valence-corrected chi connectivity index (χ2v) is 4.94. The van der Waals surface area contributed by atoms with Gasteiger partial charge >= 0.3 is 5.97 Å². The van der Waals surface area contributed by atoms with Crippen LogP contribution >= 0.6 is 0 Å². The zero-order valence-corrected chi connectivity index (χ0v) is 12.2. The Bertz CT molecular complexity index is 514. The molecule has 21 heavy (non-hydrogen) atoms. The van der Waals surface area contributed by atoms with E-state index in [1.165, 1.54) is 6.20 Å². The van der Waals surface area contributed by atoms with Gasteiger partial charge in [-0.1, -0.05) is 26.5 Å². The molecule has 0 fully saturated rings. The maximum Gasteiger partial charge on any atom is 0.326 e. The molecule has 1 heterocycles. The number of hydrogen-bond donors (Lipinski definition) is 2. The van der Waals surface area contributed by atoms with Gasteiger partial charge in [-0.3, -0.25) is 4.79 Å². The Labute approximate surface area is 123 Å². The van der Waals surface area contributed by atoms with Gasteiger partial charge in [0.1, 0.15) is 12.6 Å². The molecule has 1 amide bonds. The van der Waals surface area contributed by atoms with Crippen molar-refractivity contribution in [3.05, 3.63) is 36.7 Å². The van der Waals surface area contributed by atoms with Crippen LogP contribution in [0, 0.1) is 5.92 Å². The summed E-state index contributed by atoms with van der Waals surface area (Å²) < 4.78 is 5.34. The molecule has 0 saturated heterocycles. The molecule has 0 aromatic carbocycles. The van der Waals surface area contributed by atoms with Crippen molar-refractivity contribution in [1.29, 1.82) is 0 Å². The van der Waals surface area contributed by atoms with Crippen LogP contribution in [-0.4, -0.2) is 34.6 Å². The van der Waals surface area contributed by atoms with E-state index in [-0.39, 0.29) is 18.2 Å². The normalized spacial score (nSPS) is 11.8. The number of carboxylic acids is 1. The number of hydrogen-bond acceptors (Lipinski definition) is 4. The fourth-order valence-corrected chi connectivity index (χ4v) is 1.75. The van der Waals surface area contributed by atoms with Crippen molar-refractivity contribution in [3.63, 3.8) is 0 Å². The number of aromatic nitrogens is 1. The topological polar surface area (TPSA) is 88.5 Å². The van der Waals surface area contributed by atoms with Crippen molar-refractivity contribution in [2.24, 2.45) is 5.92 Å². The van der Waals surface area contributed by atoms with E-state index < -0.39 is 17.9 Å². The van der Waals surface area contributed by atoms with Crippen LogP contribution in [0.1, 0.15) is 30.8 Å². The standard InChI is InChI=1S/C15H20N2O4/c1-4-8-21-12-6-5-7-16-13(12)14(18)17-11(15(19)20)9-10(2)3/h4-7,10-11H,1,8-9H2,2-3H3,(H,17,18)(H,19,20)/t11-/m1/s1. The highest BCUT2D eigenvalue weighted by Gasteiger charge is 2.24. The molecular formula is C15H20N2O4. The number of ether oxygens (including phenoxy) is 1. The van der Waals surface area contributed by atoms with Crippen LogP contribution in [0.5, 0.6) is 5.75 Å². The quantitative estimate of drug-likeness (QED) is 0.714. The predicted molar refractivity (Wildman–Crippen MR) is 78.3 cm³/mol. The highest BCUT2D eigenvalue weighted by atomic mass is 16.5. The maximum atomic E-state index is 12.2. The second kappa shape index (κ2) is 8.04. The first-order valence-electron chi connectivity index (χ1n) is 6.68. The Hall–Kier alpha value is -2.37. The monoisotopic (exact) mass is 292 g/mol. The van der Waals surface area contributed by atoms with E-state index in [1.807, 2.05) is 13.8 Å². The number of pyridine rings is 1. The lowest BCUT2D eigenvalue weighted by Gasteiger charge is -2.17. The van der Waals surface area contributed by atoms with Crippen LogP contribution in [0.4, 0.5) is 0 Å². The minimum absolute atomic E-state index is 0.0642. The molecule has 114 valence electrons. The molecule has 0 radical (unpaired) electrons.